The molecule has 10 nitrogen and oxygen atoms in total. The molecule has 1 saturated heterocycles. The molecule has 3 atom stereocenters. The third kappa shape index (κ3) is 5.07. The highest BCUT2D eigenvalue weighted by molar-refractivity contribution is 8.00. The van der Waals surface area contributed by atoms with Gasteiger partial charge in [0.1, 0.15) is 11.8 Å². The average Bonchev–Trinajstić information content (AvgIpc) is 3.48. The lowest BCUT2D eigenvalue weighted by atomic mass is 9.83. The number of benzene rings is 4. The van der Waals surface area contributed by atoms with Gasteiger partial charge in [0.2, 0.25) is 17.7 Å². The van der Waals surface area contributed by atoms with Crippen LogP contribution in [0.4, 0.5) is 17.1 Å². The van der Waals surface area contributed by atoms with Crippen LogP contribution >= 0.6 is 46.3 Å². The molecule has 0 radical (unpaired) electrons. The lowest BCUT2D eigenvalue weighted by Crippen LogP contribution is -2.33. The maximum Gasteiger partial charge on any atom is 0.308 e. The summed E-state index contributed by atoms with van der Waals surface area (Å²) in [5.41, 5.74) is 1.02. The van der Waals surface area contributed by atoms with Crippen LogP contribution in [-0.4, -0.2) is 32.5 Å². The topological polar surface area (TPSA) is 132 Å². The third-order valence-electron chi connectivity index (χ3n) is 8.02. The molecule has 14 heteroatoms. The van der Waals surface area contributed by atoms with E-state index in [-0.39, 0.29) is 28.0 Å². The van der Waals surface area contributed by atoms with Gasteiger partial charge < -0.3 is 5.32 Å². The Balaban J connectivity index is 1.27. The van der Waals surface area contributed by atoms with E-state index < -0.39 is 44.6 Å². The molecule has 0 saturated carbocycles. The van der Waals surface area contributed by atoms with Crippen LogP contribution in [0.3, 0.4) is 0 Å². The Bertz CT molecular complexity index is 2170. The summed E-state index contributed by atoms with van der Waals surface area (Å²) < 4.78 is 1.31. The van der Waals surface area contributed by atoms with Gasteiger partial charge in [0.05, 0.1) is 31.6 Å². The molecule has 3 amide bonds. The van der Waals surface area contributed by atoms with E-state index in [0.29, 0.717) is 21.2 Å². The summed E-state index contributed by atoms with van der Waals surface area (Å²) in [4.78, 5) is 66.4. The van der Waals surface area contributed by atoms with Crippen molar-refractivity contribution in [2.45, 2.75) is 22.7 Å². The number of non-ortho nitro benzene ring substituents is 1. The predicted molar refractivity (Wildman–Crippen MR) is 178 cm³/mol. The molecule has 0 bridgehead atoms. The number of carbonyl (C=O) groups is 3. The number of aromatic nitrogens is 1. The summed E-state index contributed by atoms with van der Waals surface area (Å²) in [5.74, 6) is -3.32. The average molecular weight is 692 g/mol. The summed E-state index contributed by atoms with van der Waals surface area (Å²) in [6.45, 7) is -0.327. The van der Waals surface area contributed by atoms with Gasteiger partial charge in [0.25, 0.3) is 5.69 Å². The zero-order valence-corrected chi connectivity index (χ0v) is 26.5. The van der Waals surface area contributed by atoms with Gasteiger partial charge in [-0.25, -0.2) is 4.90 Å². The number of hydrogen-bond donors (Lipinski definition) is 1. The lowest BCUT2D eigenvalue weighted by molar-refractivity contribution is -0.384. The minimum Gasteiger partial charge on any atom is -0.325 e. The Hall–Kier alpha value is -4.49. The van der Waals surface area contributed by atoms with Crippen LogP contribution < -0.4 is 15.1 Å². The van der Waals surface area contributed by atoms with Gasteiger partial charge in [-0.1, -0.05) is 88.8 Å². The van der Waals surface area contributed by atoms with Crippen LogP contribution in [0.1, 0.15) is 16.4 Å². The Morgan fingerprint density at radius 1 is 0.913 bits per heavy atom. The molecule has 46 heavy (non-hydrogen) atoms. The summed E-state index contributed by atoms with van der Waals surface area (Å²) in [5, 5.41) is 15.8. The van der Waals surface area contributed by atoms with Crippen molar-refractivity contribution in [1.29, 1.82) is 0 Å². The first-order valence-electron chi connectivity index (χ1n) is 13.9. The van der Waals surface area contributed by atoms with Gasteiger partial charge in [0.15, 0.2) is 0 Å². The second kappa shape index (κ2) is 11.7. The van der Waals surface area contributed by atoms with Gasteiger partial charge in [0, 0.05) is 28.6 Å². The van der Waals surface area contributed by atoms with Crippen LogP contribution in [0.2, 0.25) is 10.0 Å². The molecular weight excluding hydrogens is 671 g/mol. The zero-order valence-electron chi connectivity index (χ0n) is 23.4. The highest BCUT2D eigenvalue weighted by atomic mass is 35.5. The Morgan fingerprint density at radius 2 is 1.65 bits per heavy atom. The minimum absolute atomic E-state index is 0.182. The van der Waals surface area contributed by atoms with Crippen molar-refractivity contribution in [3.63, 3.8) is 0 Å². The Labute approximate surface area is 278 Å². The number of thiazole rings is 1. The number of anilines is 2. The van der Waals surface area contributed by atoms with Gasteiger partial charge in [-0.15, -0.1) is 0 Å². The molecule has 2 aliphatic rings. The van der Waals surface area contributed by atoms with Crippen molar-refractivity contribution in [3.05, 3.63) is 125 Å². The largest absolute Gasteiger partial charge is 0.325 e. The van der Waals surface area contributed by atoms with Crippen LogP contribution in [0, 0.1) is 16.0 Å². The fraction of sp³-hybridized carbons (Fsp3) is 0.125. The number of nitrogens with zero attached hydrogens (tertiary/aromatic N) is 3. The SMILES string of the molecule is O=C(Cn1c2c(sc1=O)C(c1cccc(Cl)c1Cl)C1C(=O)N(c3ccc([N+](=O)[O-])cc3)C(=O)C1S2)Nc1ccc2ccccc2c1. The van der Waals surface area contributed by atoms with Crippen molar-refractivity contribution in [2.24, 2.45) is 5.92 Å². The summed E-state index contributed by atoms with van der Waals surface area (Å²) >= 11 is 15.0. The number of carbonyl (C=O) groups excluding carboxylic acids is 3. The molecule has 3 unspecified atom stereocenters. The van der Waals surface area contributed by atoms with Gasteiger partial charge in [-0.05, 0) is 46.7 Å². The first kappa shape index (κ1) is 30.2. The van der Waals surface area contributed by atoms with E-state index in [4.69, 9.17) is 23.2 Å². The molecule has 0 aliphatic carbocycles. The van der Waals surface area contributed by atoms with E-state index in [9.17, 15) is 29.3 Å². The quantitative estimate of drug-likeness (QED) is 0.119. The van der Waals surface area contributed by atoms with Gasteiger partial charge >= 0.3 is 4.87 Å². The monoisotopic (exact) mass is 690 g/mol. The molecule has 3 heterocycles. The molecule has 1 aromatic heterocycles. The molecular formula is C32H20Cl2N4O6S2. The standard InChI is InChI=1S/C32H20Cl2N4O6S2/c33-22-7-3-6-21(26(22)34)24-25-27(30(41)37(29(25)40)19-10-12-20(13-11-19)38(43)44)45-31-28(24)46-32(42)36(31)15-23(39)35-18-9-8-16-4-1-2-5-17(16)14-18/h1-14,24-25,27H,15H2,(H,35,39). The molecule has 230 valence electrons. The van der Waals surface area contributed by atoms with E-state index in [0.717, 1.165) is 38.8 Å². The molecule has 1 N–H and O–H groups in total. The summed E-state index contributed by atoms with van der Waals surface area (Å²) in [6.07, 6.45) is 0. The van der Waals surface area contributed by atoms with Gasteiger partial charge in [-0.2, -0.15) is 0 Å². The maximum atomic E-state index is 14.1. The number of nitro groups is 1. The third-order valence-corrected chi connectivity index (χ3v) is 11.5. The minimum atomic E-state index is -0.973. The second-order valence-electron chi connectivity index (χ2n) is 10.7. The fourth-order valence-electron chi connectivity index (χ4n) is 5.94. The van der Waals surface area contributed by atoms with Crippen molar-refractivity contribution in [1.82, 2.24) is 4.57 Å². The molecule has 4 aromatic carbocycles. The Kier molecular flexibility index (Phi) is 7.68. The molecule has 5 aromatic rings. The summed E-state index contributed by atoms with van der Waals surface area (Å²) in [6, 6.07) is 23.3. The van der Waals surface area contributed by atoms with Crippen molar-refractivity contribution in [2.75, 3.05) is 10.2 Å². The van der Waals surface area contributed by atoms with E-state index in [1.807, 2.05) is 36.4 Å². The van der Waals surface area contributed by atoms with Crippen LogP contribution in [0.15, 0.2) is 94.7 Å². The second-order valence-corrected chi connectivity index (χ2v) is 13.6. The van der Waals surface area contributed by atoms with Crippen LogP contribution in [0.5, 0.6) is 0 Å². The maximum absolute atomic E-state index is 14.1. The number of halogens is 2. The van der Waals surface area contributed by atoms with E-state index in [1.54, 1.807) is 24.3 Å². The van der Waals surface area contributed by atoms with Crippen molar-refractivity contribution in [3.8, 4) is 0 Å². The van der Waals surface area contributed by atoms with E-state index in [1.165, 1.54) is 28.8 Å². The Morgan fingerprint density at radius 3 is 2.39 bits per heavy atom. The predicted octanol–water partition coefficient (Wildman–Crippen LogP) is 6.71. The first-order chi connectivity index (χ1) is 22.1. The van der Waals surface area contributed by atoms with Crippen molar-refractivity contribution < 1.29 is 19.3 Å². The smallest absolute Gasteiger partial charge is 0.308 e. The number of hydrogen-bond acceptors (Lipinski definition) is 8. The van der Waals surface area contributed by atoms with Crippen LogP contribution in [-0.2, 0) is 20.9 Å². The van der Waals surface area contributed by atoms with Crippen LogP contribution in [0.25, 0.3) is 10.8 Å². The highest BCUT2D eigenvalue weighted by Gasteiger charge is 2.57. The van der Waals surface area contributed by atoms with E-state index >= 15 is 0 Å². The lowest BCUT2D eigenvalue weighted by Gasteiger charge is -2.31. The number of thioether (sulfide) groups is 1. The zero-order chi connectivity index (χ0) is 32.3. The number of nitro benzene ring substituents is 1. The number of amides is 3. The normalized spacial score (nSPS) is 18.8. The molecule has 2 aliphatic heterocycles. The molecule has 1 fully saturated rings. The number of imide groups is 1. The first-order valence-corrected chi connectivity index (χ1v) is 16.3. The number of fused-ring (bicyclic) bond motifs is 3. The number of nitrogens with one attached hydrogen (secondary N) is 1. The van der Waals surface area contributed by atoms with Gasteiger partial charge in [-0.3, -0.25) is 33.9 Å². The molecule has 0 spiro atoms. The number of rotatable bonds is 6. The molecule has 7 rings (SSSR count). The van der Waals surface area contributed by atoms with Crippen molar-refractivity contribution >= 4 is 91.9 Å². The highest BCUT2D eigenvalue weighted by Crippen LogP contribution is 2.55. The fourth-order valence-corrected chi connectivity index (χ4v) is 9.13. The summed E-state index contributed by atoms with van der Waals surface area (Å²) in [7, 11) is 0. The van der Waals surface area contributed by atoms with E-state index in [2.05, 4.69) is 5.32 Å².